The Balaban J connectivity index is 4.42. The average Bonchev–Trinajstić information content (AvgIpc) is 2.43. The Morgan fingerprint density at radius 3 is 2.32 bits per heavy atom. The molecule has 0 aromatic heterocycles. The minimum Gasteiger partial charge on any atom is -0.302 e. The van der Waals surface area contributed by atoms with Crippen molar-refractivity contribution < 1.29 is 4.57 Å². The van der Waals surface area contributed by atoms with Gasteiger partial charge in [0.2, 0.25) is 0 Å². The zero-order chi connectivity index (χ0) is 14.7. The van der Waals surface area contributed by atoms with Gasteiger partial charge in [0, 0.05) is 25.6 Å². The fraction of sp³-hybridized carbons (Fsp3) is 0.917. The van der Waals surface area contributed by atoms with E-state index in [0.29, 0.717) is 0 Å². The van der Waals surface area contributed by atoms with Gasteiger partial charge in [-0.25, -0.2) is 0 Å². The predicted molar refractivity (Wildman–Crippen MR) is 96.1 cm³/mol. The molecule has 3 nitrogen and oxygen atoms in total. The summed E-state index contributed by atoms with van der Waals surface area (Å²) in [6, 6.07) is 0. The molecule has 0 aromatic rings. The van der Waals surface area contributed by atoms with Crippen LogP contribution >= 0.6 is 42.2 Å². The van der Waals surface area contributed by atoms with Crippen molar-refractivity contribution in [2.45, 2.75) is 46.0 Å². The fourth-order valence-corrected chi connectivity index (χ4v) is 8.18. The third-order valence-corrected chi connectivity index (χ3v) is 10.9. The first kappa shape index (κ1) is 19.8. The Bertz CT molecular complexity index is 292. The molecule has 0 bridgehead atoms. The molecule has 0 heterocycles. The molecule has 19 heavy (non-hydrogen) atoms. The minimum atomic E-state index is -2.59. The van der Waals surface area contributed by atoms with Crippen LogP contribution in [-0.4, -0.2) is 39.8 Å². The van der Waals surface area contributed by atoms with E-state index in [1.807, 2.05) is 18.2 Å². The summed E-state index contributed by atoms with van der Waals surface area (Å²) < 4.78 is 16.7. The van der Waals surface area contributed by atoms with E-state index in [1.54, 1.807) is 28.0 Å². The summed E-state index contributed by atoms with van der Waals surface area (Å²) in [6.07, 6.45) is 5.91. The van der Waals surface area contributed by atoms with Crippen molar-refractivity contribution in [2.75, 3.05) is 25.6 Å². The van der Waals surface area contributed by atoms with Crippen molar-refractivity contribution >= 4 is 47.7 Å². The van der Waals surface area contributed by atoms with Gasteiger partial charge in [0.15, 0.2) is 0 Å². The van der Waals surface area contributed by atoms with Crippen LogP contribution < -0.4 is 0 Å². The summed E-state index contributed by atoms with van der Waals surface area (Å²) in [6.45, 7) is 1.74. The third-order valence-electron chi connectivity index (χ3n) is 2.65. The van der Waals surface area contributed by atoms with Crippen LogP contribution in [0.4, 0.5) is 0 Å². The molecule has 0 spiro atoms. The SMILES string of the molecule is CCCCCCSP(=O)(N(C)C=S)N(C)SCCC. The lowest BCUT2D eigenvalue weighted by Crippen LogP contribution is -2.19. The van der Waals surface area contributed by atoms with Crippen LogP contribution in [0.3, 0.4) is 0 Å². The van der Waals surface area contributed by atoms with Crippen LogP contribution in [0.2, 0.25) is 0 Å². The molecule has 0 saturated heterocycles. The maximum atomic E-state index is 13.1. The quantitative estimate of drug-likeness (QED) is 0.207. The summed E-state index contributed by atoms with van der Waals surface area (Å²) in [5.74, 6) is 1.92. The van der Waals surface area contributed by atoms with Crippen LogP contribution in [0, 0.1) is 0 Å². The van der Waals surface area contributed by atoms with E-state index in [4.69, 9.17) is 12.2 Å². The summed E-state index contributed by atoms with van der Waals surface area (Å²) in [4.78, 5) is 0. The molecule has 0 aromatic carbocycles. The lowest BCUT2D eigenvalue weighted by Gasteiger charge is -2.32. The van der Waals surface area contributed by atoms with Crippen molar-refractivity contribution in [3.8, 4) is 0 Å². The zero-order valence-electron chi connectivity index (χ0n) is 12.5. The van der Waals surface area contributed by atoms with Crippen LogP contribution in [0.15, 0.2) is 0 Å². The van der Waals surface area contributed by atoms with E-state index in [-0.39, 0.29) is 0 Å². The van der Waals surface area contributed by atoms with Gasteiger partial charge in [-0.05, 0) is 12.8 Å². The van der Waals surface area contributed by atoms with Crippen LogP contribution in [-0.2, 0) is 4.57 Å². The number of thiocarbonyl (C=S) groups is 1. The van der Waals surface area contributed by atoms with Crippen LogP contribution in [0.25, 0.3) is 0 Å². The number of rotatable bonds is 12. The maximum Gasteiger partial charge on any atom is 0.304 e. The van der Waals surface area contributed by atoms with Crippen molar-refractivity contribution in [3.05, 3.63) is 0 Å². The molecule has 0 rings (SSSR count). The molecule has 0 radical (unpaired) electrons. The first-order valence-corrected chi connectivity index (χ1v) is 11.4. The molecule has 0 aliphatic rings. The zero-order valence-corrected chi connectivity index (χ0v) is 15.8. The summed E-state index contributed by atoms with van der Waals surface area (Å²) >= 11 is 8.15. The van der Waals surface area contributed by atoms with E-state index in [9.17, 15) is 4.57 Å². The van der Waals surface area contributed by atoms with Crippen molar-refractivity contribution in [2.24, 2.45) is 0 Å². The summed E-state index contributed by atoms with van der Waals surface area (Å²) in [5, 5.41) is 0. The summed E-state index contributed by atoms with van der Waals surface area (Å²) in [5.41, 5.74) is 1.50. The molecule has 0 saturated carbocycles. The minimum absolute atomic E-state index is 0.932. The van der Waals surface area contributed by atoms with E-state index in [2.05, 4.69) is 13.8 Å². The Morgan fingerprint density at radius 2 is 1.79 bits per heavy atom. The number of nitrogens with zero attached hydrogens (tertiary/aromatic N) is 2. The van der Waals surface area contributed by atoms with Gasteiger partial charge >= 0.3 is 6.65 Å². The highest BCUT2D eigenvalue weighted by Crippen LogP contribution is 2.64. The highest BCUT2D eigenvalue weighted by molar-refractivity contribution is 8.58. The second kappa shape index (κ2) is 11.4. The molecular formula is C12H27N2OPS3. The largest absolute Gasteiger partial charge is 0.304 e. The number of unbranched alkanes of at least 4 members (excludes halogenated alkanes) is 3. The van der Waals surface area contributed by atoms with Gasteiger partial charge < -0.3 is 4.67 Å². The van der Waals surface area contributed by atoms with E-state index < -0.39 is 6.65 Å². The Labute approximate surface area is 132 Å². The lowest BCUT2D eigenvalue weighted by atomic mass is 10.2. The van der Waals surface area contributed by atoms with Gasteiger partial charge in [0.1, 0.15) is 0 Å². The highest BCUT2D eigenvalue weighted by Gasteiger charge is 2.32. The smallest absolute Gasteiger partial charge is 0.302 e. The molecule has 114 valence electrons. The standard InChI is InChI=1S/C12H27N2OPS3/c1-5-7-8-9-11-19-16(15,13(3)12-17)14(4)18-10-6-2/h12H,5-11H2,1-4H3. The predicted octanol–water partition coefficient (Wildman–Crippen LogP) is 5.29. The van der Waals surface area contributed by atoms with Gasteiger partial charge in [-0.1, -0.05) is 68.7 Å². The van der Waals surface area contributed by atoms with Crippen LogP contribution in [0.1, 0.15) is 46.0 Å². The maximum absolute atomic E-state index is 13.1. The Hall–Kier alpha value is 0.780. The third kappa shape index (κ3) is 7.37. The lowest BCUT2D eigenvalue weighted by molar-refractivity contribution is 0.532. The van der Waals surface area contributed by atoms with Gasteiger partial charge in [0.05, 0.1) is 5.49 Å². The van der Waals surface area contributed by atoms with Gasteiger partial charge in [-0.3, -0.25) is 4.57 Å². The molecule has 0 aliphatic carbocycles. The Morgan fingerprint density at radius 1 is 1.11 bits per heavy atom. The number of hydrogen-bond donors (Lipinski definition) is 0. The second-order valence-corrected chi connectivity index (χ2v) is 11.1. The normalized spacial score (nSPS) is 14.4. The molecular weight excluding hydrogens is 315 g/mol. The van der Waals surface area contributed by atoms with E-state index >= 15 is 0 Å². The fourth-order valence-electron chi connectivity index (χ4n) is 1.44. The first-order valence-electron chi connectivity index (χ1n) is 6.83. The topological polar surface area (TPSA) is 23.6 Å². The van der Waals surface area contributed by atoms with E-state index in [1.165, 1.54) is 24.8 Å². The molecule has 1 unspecified atom stereocenters. The molecule has 0 fully saturated rings. The average molecular weight is 343 g/mol. The highest BCUT2D eigenvalue weighted by atomic mass is 32.7. The monoisotopic (exact) mass is 342 g/mol. The molecule has 0 aliphatic heterocycles. The van der Waals surface area contributed by atoms with E-state index in [0.717, 1.165) is 24.3 Å². The Kier molecular flexibility index (Phi) is 11.9. The first-order chi connectivity index (χ1) is 9.02. The van der Waals surface area contributed by atoms with Gasteiger partial charge in [0.25, 0.3) is 0 Å². The number of hydrogen-bond acceptors (Lipinski definition) is 4. The molecule has 0 amide bonds. The molecule has 1 atom stereocenters. The van der Waals surface area contributed by atoms with Gasteiger partial charge in [-0.2, -0.15) is 4.08 Å². The van der Waals surface area contributed by atoms with Crippen molar-refractivity contribution in [1.29, 1.82) is 0 Å². The van der Waals surface area contributed by atoms with Crippen LogP contribution in [0.5, 0.6) is 0 Å². The van der Waals surface area contributed by atoms with Gasteiger partial charge in [-0.15, -0.1) is 0 Å². The summed E-state index contributed by atoms with van der Waals surface area (Å²) in [7, 11) is 3.73. The molecule has 7 heteroatoms. The second-order valence-electron chi connectivity index (χ2n) is 4.36. The van der Waals surface area contributed by atoms with Crippen molar-refractivity contribution in [3.63, 3.8) is 0 Å². The molecule has 0 N–H and O–H groups in total. The van der Waals surface area contributed by atoms with Crippen molar-refractivity contribution in [1.82, 2.24) is 8.75 Å².